The van der Waals surface area contributed by atoms with Crippen molar-refractivity contribution in [2.75, 3.05) is 26.3 Å². The lowest BCUT2D eigenvalue weighted by Gasteiger charge is -2.31. The number of hydrogen-bond donors (Lipinski definition) is 0. The molecule has 30 heavy (non-hydrogen) atoms. The molecule has 7 nitrogen and oxygen atoms in total. The Morgan fingerprint density at radius 2 is 2.17 bits per heavy atom. The van der Waals surface area contributed by atoms with Crippen LogP contribution in [0.5, 0.6) is 11.5 Å². The van der Waals surface area contributed by atoms with Gasteiger partial charge in [0.1, 0.15) is 0 Å². The standard InChI is InChI=1S/C22H25N3O4S/c1-3-27-18-12-15(2)8-9-17(18)28-14-20(26)25-10-4-6-16(13-25)21-23-24-22(29-21)19-7-5-11-30-19/h5,7-9,11-12,16H,3-4,6,10,13-14H2,1-2H3. The number of amides is 1. The molecule has 1 aliphatic rings. The average molecular weight is 428 g/mol. The van der Waals surface area contributed by atoms with E-state index in [1.54, 1.807) is 11.3 Å². The van der Waals surface area contributed by atoms with E-state index in [0.29, 0.717) is 43.0 Å². The SMILES string of the molecule is CCOc1cc(C)ccc1OCC(=O)N1CCCC(c2nnc(-c3cccs3)o2)C1. The molecule has 1 amide bonds. The fourth-order valence-corrected chi connectivity index (χ4v) is 4.18. The first-order valence-corrected chi connectivity index (χ1v) is 11.0. The number of rotatable bonds is 7. The topological polar surface area (TPSA) is 77.7 Å². The van der Waals surface area contributed by atoms with E-state index in [-0.39, 0.29) is 18.4 Å². The van der Waals surface area contributed by atoms with Crippen molar-refractivity contribution < 1.29 is 18.7 Å². The number of carbonyl (C=O) groups is 1. The second-order valence-corrected chi connectivity index (χ2v) is 8.22. The second kappa shape index (κ2) is 9.30. The molecule has 0 N–H and O–H groups in total. The van der Waals surface area contributed by atoms with Crippen LogP contribution in [-0.4, -0.2) is 47.3 Å². The summed E-state index contributed by atoms with van der Waals surface area (Å²) in [5.41, 5.74) is 1.08. The van der Waals surface area contributed by atoms with E-state index in [2.05, 4.69) is 10.2 Å². The molecule has 0 spiro atoms. The van der Waals surface area contributed by atoms with Crippen LogP contribution in [0, 0.1) is 6.92 Å². The van der Waals surface area contributed by atoms with Gasteiger partial charge < -0.3 is 18.8 Å². The van der Waals surface area contributed by atoms with Crippen LogP contribution in [0.25, 0.3) is 10.8 Å². The van der Waals surface area contributed by atoms with E-state index >= 15 is 0 Å². The third-order valence-corrected chi connectivity index (χ3v) is 5.90. The summed E-state index contributed by atoms with van der Waals surface area (Å²) in [6.45, 7) is 5.69. The van der Waals surface area contributed by atoms with Gasteiger partial charge in [-0.1, -0.05) is 12.1 Å². The number of likely N-dealkylation sites (tertiary alicyclic amines) is 1. The monoisotopic (exact) mass is 427 g/mol. The van der Waals surface area contributed by atoms with Gasteiger partial charge in [-0.25, -0.2) is 0 Å². The highest BCUT2D eigenvalue weighted by atomic mass is 32.1. The van der Waals surface area contributed by atoms with Gasteiger partial charge >= 0.3 is 0 Å². The average Bonchev–Trinajstić information content (AvgIpc) is 3.45. The number of hydrogen-bond acceptors (Lipinski definition) is 7. The number of aryl methyl sites for hydroxylation is 1. The zero-order valence-corrected chi connectivity index (χ0v) is 18.0. The van der Waals surface area contributed by atoms with Crippen LogP contribution in [-0.2, 0) is 4.79 Å². The van der Waals surface area contributed by atoms with E-state index in [4.69, 9.17) is 13.9 Å². The van der Waals surface area contributed by atoms with Gasteiger partial charge in [0.25, 0.3) is 11.8 Å². The maximum Gasteiger partial charge on any atom is 0.260 e. The van der Waals surface area contributed by atoms with Gasteiger partial charge in [-0.2, -0.15) is 0 Å². The highest BCUT2D eigenvalue weighted by Gasteiger charge is 2.29. The van der Waals surface area contributed by atoms with E-state index in [0.717, 1.165) is 23.3 Å². The largest absolute Gasteiger partial charge is 0.490 e. The zero-order chi connectivity index (χ0) is 20.9. The molecular weight excluding hydrogens is 402 g/mol. The van der Waals surface area contributed by atoms with E-state index in [1.165, 1.54) is 0 Å². The molecule has 1 aromatic carbocycles. The van der Waals surface area contributed by atoms with Crippen LogP contribution in [0.3, 0.4) is 0 Å². The summed E-state index contributed by atoms with van der Waals surface area (Å²) < 4.78 is 17.3. The lowest BCUT2D eigenvalue weighted by Crippen LogP contribution is -2.41. The van der Waals surface area contributed by atoms with Crippen molar-refractivity contribution in [3.05, 3.63) is 47.2 Å². The molecule has 1 fully saturated rings. The van der Waals surface area contributed by atoms with Gasteiger partial charge in [0, 0.05) is 13.1 Å². The molecule has 3 heterocycles. The number of thiophene rings is 1. The highest BCUT2D eigenvalue weighted by molar-refractivity contribution is 7.13. The number of benzene rings is 1. The third kappa shape index (κ3) is 4.64. The highest BCUT2D eigenvalue weighted by Crippen LogP contribution is 2.31. The molecular formula is C22H25N3O4S. The first kappa shape index (κ1) is 20.4. The van der Waals surface area contributed by atoms with Crippen molar-refractivity contribution in [3.63, 3.8) is 0 Å². The lowest BCUT2D eigenvalue weighted by molar-refractivity contribution is -0.134. The Bertz CT molecular complexity index is 986. The molecule has 1 atom stereocenters. The van der Waals surface area contributed by atoms with Gasteiger partial charge in [-0.15, -0.1) is 21.5 Å². The summed E-state index contributed by atoms with van der Waals surface area (Å²) >= 11 is 1.56. The van der Waals surface area contributed by atoms with Crippen LogP contribution in [0.4, 0.5) is 0 Å². The first-order chi connectivity index (χ1) is 14.6. The first-order valence-electron chi connectivity index (χ1n) is 10.2. The Morgan fingerprint density at radius 1 is 1.27 bits per heavy atom. The van der Waals surface area contributed by atoms with Gasteiger partial charge in [0.2, 0.25) is 5.89 Å². The Labute approximate surface area is 179 Å². The number of ether oxygens (including phenoxy) is 2. The molecule has 0 radical (unpaired) electrons. The van der Waals surface area contributed by atoms with Gasteiger partial charge in [-0.3, -0.25) is 4.79 Å². The summed E-state index contributed by atoms with van der Waals surface area (Å²) in [4.78, 5) is 15.5. The Hall–Kier alpha value is -2.87. The minimum Gasteiger partial charge on any atom is -0.490 e. The molecule has 4 rings (SSSR count). The van der Waals surface area contributed by atoms with Crippen molar-refractivity contribution >= 4 is 17.2 Å². The fourth-order valence-electron chi connectivity index (χ4n) is 3.54. The fraction of sp³-hybridized carbons (Fsp3) is 0.409. The molecule has 0 saturated carbocycles. The summed E-state index contributed by atoms with van der Waals surface area (Å²) in [5.74, 6) is 2.36. The van der Waals surface area contributed by atoms with Crippen LogP contribution < -0.4 is 9.47 Å². The lowest BCUT2D eigenvalue weighted by atomic mass is 9.98. The van der Waals surface area contributed by atoms with Crippen molar-refractivity contribution in [2.24, 2.45) is 0 Å². The molecule has 1 aliphatic heterocycles. The molecule has 2 aromatic heterocycles. The Morgan fingerprint density at radius 3 is 2.97 bits per heavy atom. The maximum atomic E-state index is 12.8. The van der Waals surface area contributed by atoms with Crippen molar-refractivity contribution in [1.29, 1.82) is 0 Å². The molecule has 1 unspecified atom stereocenters. The maximum absolute atomic E-state index is 12.8. The Kier molecular flexibility index (Phi) is 6.32. The van der Waals surface area contributed by atoms with Crippen LogP contribution in [0.15, 0.2) is 40.1 Å². The minimum absolute atomic E-state index is 0.0276. The molecule has 0 aliphatic carbocycles. The third-order valence-electron chi connectivity index (χ3n) is 5.05. The van der Waals surface area contributed by atoms with Gasteiger partial charge in [-0.05, 0) is 55.8 Å². The van der Waals surface area contributed by atoms with E-state index < -0.39 is 0 Å². The number of aromatic nitrogens is 2. The number of piperidine rings is 1. The van der Waals surface area contributed by atoms with E-state index in [9.17, 15) is 4.79 Å². The minimum atomic E-state index is -0.0549. The number of carbonyl (C=O) groups excluding carboxylic acids is 1. The van der Waals surface area contributed by atoms with Gasteiger partial charge in [0.05, 0.1) is 17.4 Å². The smallest absolute Gasteiger partial charge is 0.260 e. The summed E-state index contributed by atoms with van der Waals surface area (Å²) in [5, 5.41) is 10.4. The van der Waals surface area contributed by atoms with Crippen LogP contribution in [0.2, 0.25) is 0 Å². The molecule has 158 valence electrons. The number of nitrogens with zero attached hydrogens (tertiary/aromatic N) is 3. The summed E-state index contributed by atoms with van der Waals surface area (Å²) in [6.07, 6.45) is 1.81. The van der Waals surface area contributed by atoms with Crippen molar-refractivity contribution in [1.82, 2.24) is 15.1 Å². The molecule has 8 heteroatoms. The Balaban J connectivity index is 1.37. The second-order valence-electron chi connectivity index (χ2n) is 7.27. The van der Waals surface area contributed by atoms with Crippen molar-refractivity contribution in [2.45, 2.75) is 32.6 Å². The normalized spacial score (nSPS) is 16.5. The van der Waals surface area contributed by atoms with Crippen LogP contribution in [0.1, 0.15) is 37.1 Å². The quantitative estimate of drug-likeness (QED) is 0.560. The predicted molar refractivity (Wildman–Crippen MR) is 114 cm³/mol. The zero-order valence-electron chi connectivity index (χ0n) is 17.2. The predicted octanol–water partition coefficient (Wildman–Crippen LogP) is 4.29. The molecule has 1 saturated heterocycles. The van der Waals surface area contributed by atoms with E-state index in [1.807, 2.05) is 54.5 Å². The van der Waals surface area contributed by atoms with Crippen LogP contribution >= 0.6 is 11.3 Å². The molecule has 0 bridgehead atoms. The molecule has 3 aromatic rings. The van der Waals surface area contributed by atoms with Gasteiger partial charge in [0.15, 0.2) is 18.1 Å². The summed E-state index contributed by atoms with van der Waals surface area (Å²) in [6, 6.07) is 9.62. The summed E-state index contributed by atoms with van der Waals surface area (Å²) in [7, 11) is 0. The van der Waals surface area contributed by atoms with Crippen molar-refractivity contribution in [3.8, 4) is 22.3 Å².